The maximum absolute atomic E-state index is 12.0. The Morgan fingerprint density at radius 1 is 1.22 bits per heavy atom. The molecule has 0 atom stereocenters. The van der Waals surface area contributed by atoms with Crippen LogP contribution in [0.5, 0.6) is 11.5 Å². The van der Waals surface area contributed by atoms with Crippen LogP contribution in [0.15, 0.2) is 59.0 Å². The second-order valence-corrected chi connectivity index (χ2v) is 5.76. The summed E-state index contributed by atoms with van der Waals surface area (Å²) in [7, 11) is 1.46. The highest BCUT2D eigenvalue weighted by molar-refractivity contribution is 5.87. The highest BCUT2D eigenvalue weighted by atomic mass is 16.5. The average molecular weight is 365 g/mol. The third-order valence-electron chi connectivity index (χ3n) is 3.88. The van der Waals surface area contributed by atoms with E-state index in [-0.39, 0.29) is 12.4 Å². The van der Waals surface area contributed by atoms with Gasteiger partial charge in [0.25, 0.3) is 0 Å². The van der Waals surface area contributed by atoms with Crippen LogP contribution >= 0.6 is 0 Å². The summed E-state index contributed by atoms with van der Waals surface area (Å²) in [6, 6.07) is 14.3. The summed E-state index contributed by atoms with van der Waals surface area (Å²) in [6.45, 7) is 1.80. The summed E-state index contributed by atoms with van der Waals surface area (Å²) in [4.78, 5) is 16.3. The first-order chi connectivity index (χ1) is 13.1. The van der Waals surface area contributed by atoms with Gasteiger partial charge in [-0.05, 0) is 42.8 Å². The first-order valence-electron chi connectivity index (χ1n) is 8.30. The third kappa shape index (κ3) is 4.55. The number of aromatic hydroxyl groups is 1. The van der Waals surface area contributed by atoms with Gasteiger partial charge in [0.15, 0.2) is 11.5 Å². The predicted octanol–water partition coefficient (Wildman–Crippen LogP) is 4.12. The van der Waals surface area contributed by atoms with Crippen molar-refractivity contribution in [1.82, 2.24) is 4.98 Å². The minimum absolute atomic E-state index is 0.0181. The molecule has 0 bridgehead atoms. The lowest BCUT2D eigenvalue weighted by Gasteiger charge is -2.03. The van der Waals surface area contributed by atoms with E-state index in [0.717, 1.165) is 5.56 Å². The molecule has 0 fully saturated rings. The second-order valence-electron chi connectivity index (χ2n) is 5.76. The van der Waals surface area contributed by atoms with E-state index >= 15 is 0 Å². The minimum Gasteiger partial charge on any atom is -0.504 e. The molecule has 0 aliphatic heterocycles. The number of nitrogens with zero attached hydrogens (tertiary/aromatic N) is 1. The van der Waals surface area contributed by atoms with E-state index in [2.05, 4.69) is 4.98 Å². The monoisotopic (exact) mass is 365 g/mol. The molecule has 6 nitrogen and oxygen atoms in total. The number of aromatic nitrogens is 1. The van der Waals surface area contributed by atoms with E-state index in [1.54, 1.807) is 25.1 Å². The molecule has 27 heavy (non-hydrogen) atoms. The number of aryl methyl sites for hydroxylation is 1. The molecule has 1 N–H and O–H groups in total. The number of benzene rings is 2. The van der Waals surface area contributed by atoms with Gasteiger partial charge in [0.1, 0.15) is 18.1 Å². The van der Waals surface area contributed by atoms with Crippen LogP contribution in [0.2, 0.25) is 0 Å². The summed E-state index contributed by atoms with van der Waals surface area (Å²) in [5, 5.41) is 9.58. The Morgan fingerprint density at radius 3 is 2.74 bits per heavy atom. The van der Waals surface area contributed by atoms with E-state index in [9.17, 15) is 9.90 Å². The number of methoxy groups -OCH3 is 1. The first kappa shape index (κ1) is 18.3. The molecule has 0 aliphatic carbocycles. The Kier molecular flexibility index (Phi) is 5.56. The minimum atomic E-state index is -0.509. The van der Waals surface area contributed by atoms with Crippen molar-refractivity contribution in [3.8, 4) is 23.0 Å². The van der Waals surface area contributed by atoms with E-state index in [4.69, 9.17) is 13.9 Å². The van der Waals surface area contributed by atoms with Gasteiger partial charge in [-0.1, -0.05) is 24.3 Å². The Labute approximate surface area is 156 Å². The van der Waals surface area contributed by atoms with Crippen LogP contribution in [0.1, 0.15) is 17.0 Å². The zero-order chi connectivity index (χ0) is 19.2. The van der Waals surface area contributed by atoms with Crippen molar-refractivity contribution in [3.63, 3.8) is 0 Å². The Balaban J connectivity index is 1.62. The lowest BCUT2D eigenvalue weighted by atomic mass is 10.2. The molecule has 0 saturated carbocycles. The maximum Gasteiger partial charge on any atom is 0.331 e. The van der Waals surface area contributed by atoms with Crippen molar-refractivity contribution < 1.29 is 23.8 Å². The van der Waals surface area contributed by atoms with Gasteiger partial charge in [0.2, 0.25) is 5.89 Å². The highest BCUT2D eigenvalue weighted by Crippen LogP contribution is 2.26. The Bertz CT molecular complexity index is 960. The molecule has 3 rings (SSSR count). The van der Waals surface area contributed by atoms with Crippen LogP contribution in [0, 0.1) is 6.92 Å². The van der Waals surface area contributed by atoms with Crippen molar-refractivity contribution in [2.75, 3.05) is 7.11 Å². The van der Waals surface area contributed by atoms with Gasteiger partial charge in [-0.15, -0.1) is 0 Å². The van der Waals surface area contributed by atoms with Crippen LogP contribution in [-0.4, -0.2) is 23.2 Å². The molecular weight excluding hydrogens is 346 g/mol. The van der Waals surface area contributed by atoms with Gasteiger partial charge in [0.05, 0.1) is 7.11 Å². The lowest BCUT2D eigenvalue weighted by molar-refractivity contribution is -0.139. The van der Waals surface area contributed by atoms with Crippen molar-refractivity contribution >= 4 is 12.0 Å². The fourth-order valence-corrected chi connectivity index (χ4v) is 2.42. The van der Waals surface area contributed by atoms with Gasteiger partial charge in [0, 0.05) is 11.6 Å². The molecular formula is C21H19NO5. The second kappa shape index (κ2) is 8.23. The van der Waals surface area contributed by atoms with E-state index in [1.165, 1.54) is 19.3 Å². The molecule has 0 aliphatic rings. The van der Waals surface area contributed by atoms with Crippen LogP contribution in [0.3, 0.4) is 0 Å². The Hall–Kier alpha value is -3.54. The van der Waals surface area contributed by atoms with Crippen molar-refractivity contribution in [1.29, 1.82) is 0 Å². The predicted molar refractivity (Wildman–Crippen MR) is 100 cm³/mol. The van der Waals surface area contributed by atoms with Gasteiger partial charge >= 0.3 is 5.97 Å². The van der Waals surface area contributed by atoms with E-state index in [1.807, 2.05) is 30.3 Å². The molecule has 3 aromatic rings. The molecule has 0 amide bonds. The van der Waals surface area contributed by atoms with Crippen LogP contribution in [0.4, 0.5) is 0 Å². The number of hydrogen-bond donors (Lipinski definition) is 1. The number of phenols is 1. The number of oxazole rings is 1. The zero-order valence-electron chi connectivity index (χ0n) is 15.0. The molecule has 0 spiro atoms. The SMILES string of the molecule is COc1cc(/C=C/C(=O)OCc2nc(-c3ccccc3)oc2C)ccc1O. The summed E-state index contributed by atoms with van der Waals surface area (Å²) in [5.41, 5.74) is 2.13. The van der Waals surface area contributed by atoms with Crippen LogP contribution < -0.4 is 4.74 Å². The molecule has 6 heteroatoms. The third-order valence-corrected chi connectivity index (χ3v) is 3.88. The quantitative estimate of drug-likeness (QED) is 0.523. The topological polar surface area (TPSA) is 81.8 Å². The number of carbonyl (C=O) groups is 1. The summed E-state index contributed by atoms with van der Waals surface area (Å²) >= 11 is 0. The number of rotatable bonds is 6. The van der Waals surface area contributed by atoms with Crippen molar-refractivity contribution in [2.45, 2.75) is 13.5 Å². The molecule has 0 unspecified atom stereocenters. The summed E-state index contributed by atoms with van der Waals surface area (Å²) in [5.74, 6) is 0.954. The first-order valence-corrected chi connectivity index (χ1v) is 8.30. The fraction of sp³-hybridized carbons (Fsp3) is 0.143. The zero-order valence-corrected chi connectivity index (χ0v) is 15.0. The van der Waals surface area contributed by atoms with Gasteiger partial charge in [-0.3, -0.25) is 0 Å². The fourth-order valence-electron chi connectivity index (χ4n) is 2.42. The van der Waals surface area contributed by atoms with Crippen LogP contribution in [-0.2, 0) is 16.1 Å². The smallest absolute Gasteiger partial charge is 0.331 e. The molecule has 138 valence electrons. The number of ether oxygens (including phenoxy) is 2. The molecule has 0 saturated heterocycles. The molecule has 1 aromatic heterocycles. The normalized spacial score (nSPS) is 10.9. The maximum atomic E-state index is 12.0. The average Bonchev–Trinajstić information content (AvgIpc) is 3.07. The lowest BCUT2D eigenvalue weighted by Crippen LogP contribution is -2.02. The highest BCUT2D eigenvalue weighted by Gasteiger charge is 2.12. The van der Waals surface area contributed by atoms with Crippen LogP contribution in [0.25, 0.3) is 17.5 Å². The largest absolute Gasteiger partial charge is 0.504 e. The van der Waals surface area contributed by atoms with Gasteiger partial charge in [-0.25, -0.2) is 9.78 Å². The molecule has 2 aromatic carbocycles. The van der Waals surface area contributed by atoms with Gasteiger partial charge < -0.3 is 19.0 Å². The summed E-state index contributed by atoms with van der Waals surface area (Å²) < 4.78 is 15.9. The number of phenolic OH excluding ortho intramolecular Hbond substituents is 1. The van der Waals surface area contributed by atoms with Crippen molar-refractivity contribution in [2.24, 2.45) is 0 Å². The summed E-state index contributed by atoms with van der Waals surface area (Å²) in [6.07, 6.45) is 2.88. The van der Waals surface area contributed by atoms with E-state index < -0.39 is 5.97 Å². The Morgan fingerprint density at radius 2 is 2.00 bits per heavy atom. The number of hydrogen-bond acceptors (Lipinski definition) is 6. The standard InChI is InChI=1S/C21H19NO5/c1-14-17(22-21(27-14)16-6-4-3-5-7-16)13-26-20(24)11-9-15-8-10-18(23)19(12-15)25-2/h3-12,23H,13H2,1-2H3/b11-9+. The number of esters is 1. The number of carbonyl (C=O) groups excluding carboxylic acids is 1. The molecule has 1 heterocycles. The van der Waals surface area contributed by atoms with Crippen molar-refractivity contribution in [3.05, 3.63) is 71.6 Å². The van der Waals surface area contributed by atoms with Gasteiger partial charge in [-0.2, -0.15) is 0 Å². The van der Waals surface area contributed by atoms with E-state index in [0.29, 0.717) is 28.7 Å². The molecule has 0 radical (unpaired) electrons.